The molecule has 0 aliphatic carbocycles. The average molecular weight is 986 g/mol. The molecule has 0 aromatic heterocycles. The van der Waals surface area contributed by atoms with Gasteiger partial charge in [0.05, 0.1) is 32.0 Å². The summed E-state index contributed by atoms with van der Waals surface area (Å²) in [7, 11) is 0. The number of rotatable bonds is 38. The van der Waals surface area contributed by atoms with Gasteiger partial charge in [0.2, 0.25) is 5.91 Å². The lowest BCUT2D eigenvalue weighted by molar-refractivity contribution is -0.359. The number of allylic oxidation sites excluding steroid dienone is 17. The van der Waals surface area contributed by atoms with Crippen molar-refractivity contribution >= 4 is 5.91 Å². The molecule has 2 fully saturated rings. The van der Waals surface area contributed by atoms with Crippen LogP contribution in [-0.2, 0) is 23.7 Å². The Balaban J connectivity index is 1.88. The minimum absolute atomic E-state index is 0.208. The Bertz CT molecular complexity index is 1590. The molecule has 14 heteroatoms. The minimum atomic E-state index is -1.80. The number of hydrogen-bond donors (Lipinski definition) is 9. The maximum atomic E-state index is 13.2. The van der Waals surface area contributed by atoms with Crippen LogP contribution < -0.4 is 5.32 Å². The Morgan fingerprint density at radius 1 is 0.529 bits per heavy atom. The van der Waals surface area contributed by atoms with Gasteiger partial charge in [-0.3, -0.25) is 4.79 Å². The number of carbonyl (C=O) groups excluding carboxylic acids is 1. The topological polar surface area (TPSA) is 228 Å². The van der Waals surface area contributed by atoms with E-state index in [9.17, 15) is 45.6 Å². The molecular formula is C56H91NO13. The Labute approximate surface area is 419 Å². The largest absolute Gasteiger partial charge is 0.394 e. The molecule has 1 amide bonds. The van der Waals surface area contributed by atoms with E-state index in [4.69, 9.17) is 18.9 Å². The van der Waals surface area contributed by atoms with Gasteiger partial charge >= 0.3 is 0 Å². The quantitative estimate of drug-likeness (QED) is 0.0219. The molecule has 0 spiro atoms. The highest BCUT2D eigenvalue weighted by atomic mass is 16.7. The van der Waals surface area contributed by atoms with Gasteiger partial charge in [0.25, 0.3) is 0 Å². The normalized spacial score (nSPS) is 26.9. The van der Waals surface area contributed by atoms with E-state index in [1.54, 1.807) is 6.08 Å². The summed E-state index contributed by atoms with van der Waals surface area (Å²) in [4.78, 5) is 13.2. The lowest BCUT2D eigenvalue weighted by atomic mass is 9.97. The number of unbranched alkanes of at least 4 members (excludes halogenated alkanes) is 9. The van der Waals surface area contributed by atoms with Crippen LogP contribution in [0.5, 0.6) is 0 Å². The van der Waals surface area contributed by atoms with E-state index >= 15 is 0 Å². The van der Waals surface area contributed by atoms with Crippen LogP contribution >= 0.6 is 0 Å². The summed E-state index contributed by atoms with van der Waals surface area (Å²) in [5.74, 6) is -0.302. The van der Waals surface area contributed by atoms with E-state index in [0.717, 1.165) is 77.0 Å². The first kappa shape index (κ1) is 62.8. The van der Waals surface area contributed by atoms with Crippen molar-refractivity contribution in [3.63, 3.8) is 0 Å². The molecule has 0 radical (unpaired) electrons. The first-order chi connectivity index (χ1) is 34.1. The zero-order chi connectivity index (χ0) is 51.0. The summed E-state index contributed by atoms with van der Waals surface area (Å²) >= 11 is 0. The molecule has 398 valence electrons. The van der Waals surface area contributed by atoms with Crippen LogP contribution in [0.4, 0.5) is 0 Å². The van der Waals surface area contributed by atoms with Crippen LogP contribution in [0.25, 0.3) is 0 Å². The molecule has 14 nitrogen and oxygen atoms in total. The molecule has 70 heavy (non-hydrogen) atoms. The molecule has 0 saturated carbocycles. The summed E-state index contributed by atoms with van der Waals surface area (Å²) in [6.45, 7) is 2.57. The molecule has 2 aliphatic heterocycles. The molecule has 12 atom stereocenters. The summed E-state index contributed by atoms with van der Waals surface area (Å²) in [5, 5.41) is 86.7. The van der Waals surface area contributed by atoms with Gasteiger partial charge in [-0.05, 0) is 96.3 Å². The molecule has 0 aromatic rings. The Morgan fingerprint density at radius 2 is 1.00 bits per heavy atom. The van der Waals surface area contributed by atoms with Crippen molar-refractivity contribution in [1.82, 2.24) is 5.32 Å². The summed E-state index contributed by atoms with van der Waals surface area (Å²) in [5.41, 5.74) is 0. The van der Waals surface area contributed by atoms with Crippen molar-refractivity contribution in [3.05, 3.63) is 109 Å². The average Bonchev–Trinajstić information content (AvgIpc) is 3.36. The lowest BCUT2D eigenvalue weighted by Crippen LogP contribution is -2.65. The predicted molar refractivity (Wildman–Crippen MR) is 276 cm³/mol. The highest BCUT2D eigenvalue weighted by molar-refractivity contribution is 5.76. The third-order valence-corrected chi connectivity index (χ3v) is 11.9. The molecule has 2 aliphatic rings. The van der Waals surface area contributed by atoms with Gasteiger partial charge in [-0.25, -0.2) is 0 Å². The first-order valence-corrected chi connectivity index (χ1v) is 26.1. The van der Waals surface area contributed by atoms with Gasteiger partial charge in [0, 0.05) is 6.42 Å². The summed E-state index contributed by atoms with van der Waals surface area (Å²) in [6.07, 6.45) is 39.8. The Hall–Kier alpha value is -3.35. The molecule has 0 bridgehead atoms. The van der Waals surface area contributed by atoms with Crippen molar-refractivity contribution < 1.29 is 64.6 Å². The minimum Gasteiger partial charge on any atom is -0.394 e. The number of amides is 1. The van der Waals surface area contributed by atoms with Crippen LogP contribution in [-0.4, -0.2) is 140 Å². The number of hydrogen-bond acceptors (Lipinski definition) is 13. The monoisotopic (exact) mass is 986 g/mol. The van der Waals surface area contributed by atoms with Crippen molar-refractivity contribution in [2.75, 3.05) is 19.8 Å². The van der Waals surface area contributed by atoms with E-state index in [2.05, 4.69) is 116 Å². The van der Waals surface area contributed by atoms with Crippen LogP contribution in [0.1, 0.15) is 142 Å². The van der Waals surface area contributed by atoms with Gasteiger partial charge in [0.1, 0.15) is 48.8 Å². The summed E-state index contributed by atoms with van der Waals surface area (Å²) in [6, 6.07) is -0.968. The maximum absolute atomic E-state index is 13.2. The second-order valence-corrected chi connectivity index (χ2v) is 17.9. The molecule has 9 N–H and O–H groups in total. The predicted octanol–water partition coefficient (Wildman–Crippen LogP) is 7.32. The second-order valence-electron chi connectivity index (χ2n) is 17.9. The number of aliphatic hydroxyl groups is 8. The fraction of sp³-hybridized carbons (Fsp3) is 0.661. The molecule has 2 rings (SSSR count). The lowest BCUT2D eigenvalue weighted by Gasteiger charge is -2.46. The highest BCUT2D eigenvalue weighted by Crippen LogP contribution is 2.30. The molecule has 0 aromatic carbocycles. The van der Waals surface area contributed by atoms with Crippen LogP contribution in [0.15, 0.2) is 109 Å². The van der Waals surface area contributed by atoms with Gasteiger partial charge in [-0.1, -0.05) is 149 Å². The number of nitrogens with one attached hydrogen (secondary N) is 1. The standard InChI is InChI=1S/C56H91NO13/c1-3-5-7-9-11-13-15-17-19-20-21-22-23-24-26-28-30-32-34-36-38-40-48(61)57-44(45(60)39-37-35-33-31-29-27-25-18-16-14-12-10-8-6-4-2)43-67-55-53(66)51(64)54(47(42-59)69-55)70-56-52(65)50(63)49(62)46(41-58)68-56/h5,7,11,13,16-19,21-22,24,26,29-32,37,39,44-47,49-56,58-60,62-66H,3-4,6,8-10,12,14-15,20,23,25,27-28,33-36,38,40-43H2,1-2H3,(H,57,61)/b7-5-,13-11-,18-16+,19-17-,22-21-,26-24-,31-29+,32-30-,39-37+. The van der Waals surface area contributed by atoms with E-state index in [-0.39, 0.29) is 18.9 Å². The molecule has 2 heterocycles. The van der Waals surface area contributed by atoms with E-state index in [1.807, 2.05) is 6.08 Å². The molecular weight excluding hydrogens is 895 g/mol. The third kappa shape index (κ3) is 27.5. The van der Waals surface area contributed by atoms with Crippen LogP contribution in [0.3, 0.4) is 0 Å². The molecule has 2 saturated heterocycles. The SMILES string of the molecule is CC/C=C\C/C=C\C/C=C\C/C=C\C/C=C\C/C=C\CCCCC(=O)NC(COC1OC(CO)C(OC2OC(CO)C(O)C(O)C2O)C(O)C1O)C(O)/C=C/CC/C=C/CC/C=C/CCCCCCC. The van der Waals surface area contributed by atoms with E-state index in [0.29, 0.717) is 12.8 Å². The van der Waals surface area contributed by atoms with Crippen LogP contribution in [0.2, 0.25) is 0 Å². The number of aliphatic hydroxyl groups excluding tert-OH is 8. The first-order valence-electron chi connectivity index (χ1n) is 26.1. The zero-order valence-electron chi connectivity index (χ0n) is 42.2. The van der Waals surface area contributed by atoms with Gasteiger partial charge in [-0.2, -0.15) is 0 Å². The number of ether oxygens (including phenoxy) is 4. The Kier molecular flexibility index (Phi) is 36.9. The van der Waals surface area contributed by atoms with Crippen molar-refractivity contribution in [2.24, 2.45) is 0 Å². The van der Waals surface area contributed by atoms with E-state index < -0.39 is 86.8 Å². The highest BCUT2D eigenvalue weighted by Gasteiger charge is 2.51. The van der Waals surface area contributed by atoms with Gasteiger partial charge < -0.3 is 65.1 Å². The fourth-order valence-corrected chi connectivity index (χ4v) is 7.68. The smallest absolute Gasteiger partial charge is 0.220 e. The van der Waals surface area contributed by atoms with Gasteiger partial charge in [-0.15, -0.1) is 0 Å². The third-order valence-electron chi connectivity index (χ3n) is 11.9. The van der Waals surface area contributed by atoms with Crippen molar-refractivity contribution in [2.45, 2.75) is 216 Å². The van der Waals surface area contributed by atoms with E-state index in [1.165, 1.54) is 32.1 Å². The zero-order valence-corrected chi connectivity index (χ0v) is 42.2. The fourth-order valence-electron chi connectivity index (χ4n) is 7.68. The van der Waals surface area contributed by atoms with Crippen LogP contribution in [0, 0.1) is 0 Å². The number of carbonyl (C=O) groups is 1. The van der Waals surface area contributed by atoms with Crippen molar-refractivity contribution in [1.29, 1.82) is 0 Å². The van der Waals surface area contributed by atoms with Gasteiger partial charge in [0.15, 0.2) is 12.6 Å². The Morgan fingerprint density at radius 3 is 1.56 bits per heavy atom. The second kappa shape index (κ2) is 41.2. The molecule has 12 unspecified atom stereocenters. The van der Waals surface area contributed by atoms with Crippen molar-refractivity contribution in [3.8, 4) is 0 Å². The maximum Gasteiger partial charge on any atom is 0.220 e. The summed E-state index contributed by atoms with van der Waals surface area (Å²) < 4.78 is 22.6.